The van der Waals surface area contributed by atoms with Crippen molar-refractivity contribution in [2.24, 2.45) is 0 Å². The van der Waals surface area contributed by atoms with Crippen LogP contribution >= 0.6 is 0 Å². The molecule has 2 atom stereocenters. The second-order valence-corrected chi connectivity index (χ2v) is 32.2. The van der Waals surface area contributed by atoms with Gasteiger partial charge in [-0.15, -0.1) is 13.2 Å². The predicted octanol–water partition coefficient (Wildman–Crippen LogP) is 10.9. The standard InChI is InChI=1S/C40H70O3Si4/c1-17-37(9,41-46(15,16)40(21-5,22-6)42-45(13,14)24-8)38(10,18-2)47(35-31-27-25-28-32-35,36-33-29-26-30-34-36)43-39(19-3,20-4)44(11,12)23-7/h23-34H,7-8,17-22H2,1-6,9-16H3. The van der Waals surface area contributed by atoms with E-state index in [1.807, 2.05) is 0 Å². The van der Waals surface area contributed by atoms with Gasteiger partial charge in [-0.3, -0.25) is 0 Å². The molecule has 0 fully saturated rings. The summed E-state index contributed by atoms with van der Waals surface area (Å²) in [6.45, 7) is 41.6. The largest absolute Gasteiger partial charge is 0.409 e. The molecule has 2 aromatic rings. The zero-order valence-electron chi connectivity index (χ0n) is 32.8. The fourth-order valence-corrected chi connectivity index (χ4v) is 24.5. The third-order valence-electron chi connectivity index (χ3n) is 12.5. The van der Waals surface area contributed by atoms with Crippen molar-refractivity contribution in [1.29, 1.82) is 0 Å². The van der Waals surface area contributed by atoms with E-state index in [0.717, 1.165) is 38.5 Å². The van der Waals surface area contributed by atoms with Gasteiger partial charge in [0.25, 0.3) is 8.32 Å². The number of rotatable bonds is 20. The molecule has 0 aliphatic rings. The minimum atomic E-state index is -3.16. The van der Waals surface area contributed by atoms with E-state index in [4.69, 9.17) is 13.3 Å². The summed E-state index contributed by atoms with van der Waals surface area (Å²) < 4.78 is 23.5. The molecule has 0 N–H and O–H groups in total. The van der Waals surface area contributed by atoms with Crippen molar-refractivity contribution in [2.75, 3.05) is 0 Å². The fraction of sp³-hybridized carbons (Fsp3) is 0.600. The summed E-state index contributed by atoms with van der Waals surface area (Å²) in [7, 11) is -9.93. The van der Waals surface area contributed by atoms with E-state index in [1.165, 1.54) is 10.4 Å². The minimum Gasteiger partial charge on any atom is -0.409 e. The van der Waals surface area contributed by atoms with Crippen LogP contribution in [-0.4, -0.2) is 49.1 Å². The second kappa shape index (κ2) is 15.7. The van der Waals surface area contributed by atoms with E-state index < -0.39 is 38.6 Å². The van der Waals surface area contributed by atoms with Crippen LogP contribution in [-0.2, 0) is 13.3 Å². The molecule has 47 heavy (non-hydrogen) atoms. The van der Waals surface area contributed by atoms with Crippen LogP contribution in [0.1, 0.15) is 93.9 Å². The van der Waals surface area contributed by atoms with E-state index in [0.29, 0.717) is 0 Å². The van der Waals surface area contributed by atoms with Crippen LogP contribution in [0, 0.1) is 0 Å². The molecule has 0 saturated carbocycles. The lowest BCUT2D eigenvalue weighted by atomic mass is 9.85. The van der Waals surface area contributed by atoms with Gasteiger partial charge in [-0.1, -0.05) is 134 Å². The zero-order valence-corrected chi connectivity index (χ0v) is 36.8. The van der Waals surface area contributed by atoms with Crippen LogP contribution in [0.5, 0.6) is 0 Å². The zero-order chi connectivity index (χ0) is 36.0. The first-order valence-corrected chi connectivity index (χ1v) is 29.2. The topological polar surface area (TPSA) is 27.7 Å². The molecule has 2 rings (SSSR count). The minimum absolute atomic E-state index is 0.302. The SMILES string of the molecule is C=C[Si](C)(C)OC(CC)(CC)[Si](C)(C)OC(C)(CC)C(C)(CC)[Si](OC(CC)(CC)[Si](C)(C)C=C)(c1ccccc1)c1ccccc1. The molecule has 264 valence electrons. The Morgan fingerprint density at radius 1 is 0.553 bits per heavy atom. The van der Waals surface area contributed by atoms with Crippen molar-refractivity contribution in [3.05, 3.63) is 85.2 Å². The second-order valence-electron chi connectivity index (χ2n) is 15.6. The summed E-state index contributed by atoms with van der Waals surface area (Å²) in [6, 6.07) is 22.4. The normalized spacial score (nSPS) is 16.3. The first-order chi connectivity index (χ1) is 21.8. The first-order valence-electron chi connectivity index (χ1n) is 18.3. The van der Waals surface area contributed by atoms with Gasteiger partial charge in [0.1, 0.15) is 8.07 Å². The van der Waals surface area contributed by atoms with Crippen molar-refractivity contribution < 1.29 is 13.3 Å². The van der Waals surface area contributed by atoms with Crippen molar-refractivity contribution >= 4 is 43.4 Å². The van der Waals surface area contributed by atoms with Crippen LogP contribution in [0.2, 0.25) is 44.3 Å². The maximum atomic E-state index is 8.33. The van der Waals surface area contributed by atoms with E-state index >= 15 is 0 Å². The molecule has 0 aliphatic carbocycles. The summed E-state index contributed by atoms with van der Waals surface area (Å²) in [6.07, 6.45) is 5.49. The summed E-state index contributed by atoms with van der Waals surface area (Å²) in [5, 5.41) is 1.63. The molecule has 0 aliphatic heterocycles. The van der Waals surface area contributed by atoms with Gasteiger partial charge in [-0.05, 0) is 82.0 Å². The Morgan fingerprint density at radius 2 is 0.979 bits per heavy atom. The lowest BCUT2D eigenvalue weighted by Gasteiger charge is -2.62. The monoisotopic (exact) mass is 710 g/mol. The smallest absolute Gasteiger partial charge is 0.264 e. The molecule has 2 unspecified atom stereocenters. The average Bonchev–Trinajstić information content (AvgIpc) is 3.07. The highest BCUT2D eigenvalue weighted by molar-refractivity contribution is 7.01. The van der Waals surface area contributed by atoms with Crippen molar-refractivity contribution in [3.8, 4) is 0 Å². The molecule has 0 bridgehead atoms. The van der Waals surface area contributed by atoms with E-state index in [9.17, 15) is 0 Å². The Morgan fingerprint density at radius 3 is 1.30 bits per heavy atom. The fourth-order valence-electron chi connectivity index (χ4n) is 8.44. The van der Waals surface area contributed by atoms with Crippen LogP contribution in [0.4, 0.5) is 0 Å². The molecule has 0 heterocycles. The molecule has 3 nitrogen and oxygen atoms in total. The molecule has 0 aromatic heterocycles. The van der Waals surface area contributed by atoms with Gasteiger partial charge >= 0.3 is 0 Å². The molecule has 0 spiro atoms. The molecule has 2 aromatic carbocycles. The molecular formula is C40H70O3Si4. The van der Waals surface area contributed by atoms with Crippen molar-refractivity contribution in [2.45, 2.75) is 154 Å². The van der Waals surface area contributed by atoms with Crippen LogP contribution in [0.25, 0.3) is 0 Å². The lowest BCUT2D eigenvalue weighted by Crippen LogP contribution is -2.78. The van der Waals surface area contributed by atoms with Crippen molar-refractivity contribution in [3.63, 3.8) is 0 Å². The lowest BCUT2D eigenvalue weighted by molar-refractivity contribution is -0.0144. The van der Waals surface area contributed by atoms with E-state index in [-0.39, 0.29) is 15.5 Å². The predicted molar refractivity (Wildman–Crippen MR) is 218 cm³/mol. The van der Waals surface area contributed by atoms with Gasteiger partial charge < -0.3 is 13.3 Å². The van der Waals surface area contributed by atoms with Gasteiger partial charge in [0, 0.05) is 5.04 Å². The average molecular weight is 711 g/mol. The summed E-state index contributed by atoms with van der Waals surface area (Å²) in [5.41, 5.74) is 3.81. The third-order valence-corrected chi connectivity index (χ3v) is 28.4. The van der Waals surface area contributed by atoms with Crippen molar-refractivity contribution in [1.82, 2.24) is 0 Å². The Bertz CT molecular complexity index is 1250. The van der Waals surface area contributed by atoms with Gasteiger partial charge in [0.15, 0.2) is 0 Å². The van der Waals surface area contributed by atoms with Gasteiger partial charge in [-0.25, -0.2) is 0 Å². The van der Waals surface area contributed by atoms with E-state index in [1.54, 1.807) is 0 Å². The molecule has 0 saturated heterocycles. The highest BCUT2D eigenvalue weighted by Gasteiger charge is 2.67. The quantitative estimate of drug-likeness (QED) is 0.128. The summed E-state index contributed by atoms with van der Waals surface area (Å²) in [4.78, 5) is 0. The summed E-state index contributed by atoms with van der Waals surface area (Å²) >= 11 is 0. The summed E-state index contributed by atoms with van der Waals surface area (Å²) in [5.74, 6) is 0. The van der Waals surface area contributed by atoms with Crippen LogP contribution in [0.15, 0.2) is 85.2 Å². The molecule has 0 radical (unpaired) electrons. The highest BCUT2D eigenvalue weighted by atomic mass is 28.4. The molecular weight excluding hydrogens is 641 g/mol. The number of hydrogen-bond donors (Lipinski definition) is 0. The Balaban J connectivity index is 3.15. The number of hydrogen-bond acceptors (Lipinski definition) is 3. The Kier molecular flexibility index (Phi) is 14.0. The van der Waals surface area contributed by atoms with Crippen LogP contribution in [0.3, 0.4) is 0 Å². The molecule has 0 amide bonds. The van der Waals surface area contributed by atoms with Gasteiger partial charge in [0.05, 0.1) is 16.0 Å². The maximum Gasteiger partial charge on any atom is 0.264 e. The maximum absolute atomic E-state index is 8.33. The third kappa shape index (κ3) is 7.42. The Hall–Kier alpha value is -1.33. The van der Waals surface area contributed by atoms with Crippen LogP contribution < -0.4 is 10.4 Å². The number of benzene rings is 2. The van der Waals surface area contributed by atoms with Gasteiger partial charge in [0.2, 0.25) is 16.6 Å². The Labute approximate surface area is 295 Å². The van der Waals surface area contributed by atoms with Gasteiger partial charge in [-0.2, -0.15) is 0 Å². The first kappa shape index (κ1) is 41.8. The van der Waals surface area contributed by atoms with E-state index in [2.05, 4.69) is 180 Å². The highest BCUT2D eigenvalue weighted by Crippen LogP contribution is 2.57. The molecule has 7 heteroatoms.